The van der Waals surface area contributed by atoms with Gasteiger partial charge in [0.15, 0.2) is 4.80 Å². The first kappa shape index (κ1) is 17.4. The van der Waals surface area contributed by atoms with E-state index in [0.29, 0.717) is 31.0 Å². The zero-order valence-electron chi connectivity index (χ0n) is 14.5. The van der Waals surface area contributed by atoms with Gasteiger partial charge in [-0.05, 0) is 12.5 Å². The lowest BCUT2D eigenvalue weighted by molar-refractivity contribution is -0.138. The molecule has 1 aromatic carbocycles. The number of benzene rings is 1. The first-order chi connectivity index (χ1) is 12.0. The van der Waals surface area contributed by atoms with E-state index in [-0.39, 0.29) is 18.4 Å². The normalized spacial score (nSPS) is 14.6. The Morgan fingerprint density at radius 3 is 2.28 bits per heavy atom. The number of hydrogen-bond donors (Lipinski definition) is 1. The summed E-state index contributed by atoms with van der Waals surface area (Å²) in [4.78, 5) is 28.0. The molecule has 0 unspecified atom stereocenters. The number of carbonyl (C=O) groups excluding carboxylic acids is 2. The molecule has 2 heterocycles. The van der Waals surface area contributed by atoms with Crippen LogP contribution >= 0.6 is 11.3 Å². The van der Waals surface area contributed by atoms with Crippen LogP contribution in [0.2, 0.25) is 0 Å². The summed E-state index contributed by atoms with van der Waals surface area (Å²) in [6.45, 7) is 6.00. The summed E-state index contributed by atoms with van der Waals surface area (Å²) < 4.78 is 1.76. The Hall–Kier alpha value is -2.41. The monoisotopic (exact) mass is 358 g/mol. The third-order valence-corrected chi connectivity index (χ3v) is 5.32. The highest BCUT2D eigenvalue weighted by molar-refractivity contribution is 7.07. The summed E-state index contributed by atoms with van der Waals surface area (Å²) in [5.74, 6) is 0.0443. The fourth-order valence-electron chi connectivity index (χ4n) is 2.96. The van der Waals surface area contributed by atoms with Crippen molar-refractivity contribution in [3.05, 3.63) is 40.0 Å². The molecule has 6 nitrogen and oxygen atoms in total. The van der Waals surface area contributed by atoms with Gasteiger partial charge in [-0.1, -0.05) is 29.8 Å². The first-order valence-electron chi connectivity index (χ1n) is 8.29. The van der Waals surface area contributed by atoms with Gasteiger partial charge >= 0.3 is 0 Å². The summed E-state index contributed by atoms with van der Waals surface area (Å²) in [5, 5.41) is 10.1. The van der Waals surface area contributed by atoms with E-state index >= 15 is 0 Å². The maximum absolute atomic E-state index is 12.7. The van der Waals surface area contributed by atoms with Crippen molar-refractivity contribution < 1.29 is 9.59 Å². The SMILES string of the molecule is CC(=O)N1CCN(C(=O)Cn2c(-c3ccc(C)cc3)csc2=N)CC1. The van der Waals surface area contributed by atoms with Crippen molar-refractivity contribution in [1.29, 1.82) is 5.41 Å². The molecule has 2 aromatic rings. The maximum Gasteiger partial charge on any atom is 0.242 e. The fraction of sp³-hybridized carbons (Fsp3) is 0.389. The maximum atomic E-state index is 12.7. The molecule has 1 N–H and O–H groups in total. The largest absolute Gasteiger partial charge is 0.339 e. The molecular weight excluding hydrogens is 336 g/mol. The average molecular weight is 358 g/mol. The standard InChI is InChI=1S/C18H22N4O2S/c1-13-3-5-15(6-4-13)16-12-25-18(19)22(16)11-17(24)21-9-7-20(8-10-21)14(2)23/h3-6,12,19H,7-11H2,1-2H3. The molecule has 0 spiro atoms. The molecule has 1 aliphatic rings. The molecule has 1 aliphatic heterocycles. The van der Waals surface area contributed by atoms with Crippen molar-refractivity contribution in [3.8, 4) is 11.3 Å². The van der Waals surface area contributed by atoms with Crippen LogP contribution in [0.4, 0.5) is 0 Å². The molecule has 3 rings (SSSR count). The van der Waals surface area contributed by atoms with Crippen molar-refractivity contribution in [3.63, 3.8) is 0 Å². The van der Waals surface area contributed by atoms with Crippen LogP contribution in [0.3, 0.4) is 0 Å². The molecule has 1 saturated heterocycles. The highest BCUT2D eigenvalue weighted by Gasteiger charge is 2.23. The molecule has 0 atom stereocenters. The lowest BCUT2D eigenvalue weighted by atomic mass is 10.1. The molecule has 1 aromatic heterocycles. The van der Waals surface area contributed by atoms with Gasteiger partial charge in [0, 0.05) is 38.5 Å². The molecule has 7 heteroatoms. The molecule has 0 aliphatic carbocycles. The molecular formula is C18H22N4O2S. The van der Waals surface area contributed by atoms with E-state index in [0.717, 1.165) is 11.3 Å². The Kier molecular flexibility index (Phi) is 5.03. The number of nitrogens with zero attached hydrogens (tertiary/aromatic N) is 3. The van der Waals surface area contributed by atoms with Crippen LogP contribution in [0, 0.1) is 12.3 Å². The summed E-state index contributed by atoms with van der Waals surface area (Å²) in [5.41, 5.74) is 3.08. The highest BCUT2D eigenvalue weighted by Crippen LogP contribution is 2.20. The van der Waals surface area contributed by atoms with Gasteiger partial charge < -0.3 is 14.4 Å². The minimum Gasteiger partial charge on any atom is -0.339 e. The first-order valence-corrected chi connectivity index (χ1v) is 9.17. The quantitative estimate of drug-likeness (QED) is 0.907. The van der Waals surface area contributed by atoms with E-state index in [1.54, 1.807) is 21.3 Å². The van der Waals surface area contributed by atoms with E-state index in [9.17, 15) is 9.59 Å². The Labute approximate surface area is 150 Å². The average Bonchev–Trinajstić information content (AvgIpc) is 2.96. The molecule has 25 heavy (non-hydrogen) atoms. The molecule has 1 fully saturated rings. The number of carbonyl (C=O) groups is 2. The molecule has 2 amide bonds. The van der Waals surface area contributed by atoms with Crippen LogP contribution in [0.25, 0.3) is 11.3 Å². The second kappa shape index (κ2) is 7.23. The summed E-state index contributed by atoms with van der Waals surface area (Å²) >= 11 is 1.33. The number of nitrogens with one attached hydrogen (secondary N) is 1. The van der Waals surface area contributed by atoms with Crippen molar-refractivity contribution >= 4 is 23.2 Å². The third-order valence-electron chi connectivity index (χ3n) is 4.54. The van der Waals surface area contributed by atoms with Crippen LogP contribution in [-0.4, -0.2) is 52.4 Å². The second-order valence-electron chi connectivity index (χ2n) is 6.27. The van der Waals surface area contributed by atoms with E-state index in [1.165, 1.54) is 16.9 Å². The lowest BCUT2D eigenvalue weighted by Gasteiger charge is -2.34. The lowest BCUT2D eigenvalue weighted by Crippen LogP contribution is -2.51. The van der Waals surface area contributed by atoms with Gasteiger partial charge in [-0.25, -0.2) is 0 Å². The van der Waals surface area contributed by atoms with E-state index in [2.05, 4.69) is 0 Å². The number of amides is 2. The number of rotatable bonds is 3. The van der Waals surface area contributed by atoms with E-state index in [4.69, 9.17) is 5.41 Å². The van der Waals surface area contributed by atoms with Crippen molar-refractivity contribution in [2.75, 3.05) is 26.2 Å². The second-order valence-corrected chi connectivity index (χ2v) is 7.12. The zero-order chi connectivity index (χ0) is 18.0. The molecule has 0 bridgehead atoms. The van der Waals surface area contributed by atoms with Gasteiger partial charge in [0.1, 0.15) is 6.54 Å². The summed E-state index contributed by atoms with van der Waals surface area (Å²) in [6, 6.07) is 8.10. The zero-order valence-corrected chi connectivity index (χ0v) is 15.3. The van der Waals surface area contributed by atoms with Gasteiger partial charge in [-0.15, -0.1) is 11.3 Å². The van der Waals surface area contributed by atoms with Gasteiger partial charge in [-0.3, -0.25) is 15.0 Å². The minimum atomic E-state index is -0.00605. The number of hydrogen-bond acceptors (Lipinski definition) is 4. The third kappa shape index (κ3) is 3.82. The van der Waals surface area contributed by atoms with Crippen LogP contribution in [-0.2, 0) is 16.1 Å². The fourth-order valence-corrected chi connectivity index (χ4v) is 3.74. The molecule has 0 saturated carbocycles. The van der Waals surface area contributed by atoms with Crippen LogP contribution < -0.4 is 4.80 Å². The predicted octanol–water partition coefficient (Wildman–Crippen LogP) is 1.70. The Morgan fingerprint density at radius 2 is 1.68 bits per heavy atom. The highest BCUT2D eigenvalue weighted by atomic mass is 32.1. The smallest absolute Gasteiger partial charge is 0.242 e. The Balaban J connectivity index is 1.74. The van der Waals surface area contributed by atoms with Gasteiger partial charge in [0.2, 0.25) is 11.8 Å². The van der Waals surface area contributed by atoms with Crippen LogP contribution in [0.5, 0.6) is 0 Å². The number of aromatic nitrogens is 1. The number of thiazole rings is 1. The van der Waals surface area contributed by atoms with E-state index < -0.39 is 0 Å². The van der Waals surface area contributed by atoms with Crippen molar-refractivity contribution in [1.82, 2.24) is 14.4 Å². The van der Waals surface area contributed by atoms with Gasteiger partial charge in [0.05, 0.1) is 5.69 Å². The summed E-state index contributed by atoms with van der Waals surface area (Å²) in [6.07, 6.45) is 0. The van der Waals surface area contributed by atoms with Crippen molar-refractivity contribution in [2.45, 2.75) is 20.4 Å². The van der Waals surface area contributed by atoms with Crippen LogP contribution in [0.1, 0.15) is 12.5 Å². The van der Waals surface area contributed by atoms with Crippen molar-refractivity contribution in [2.24, 2.45) is 0 Å². The summed E-state index contributed by atoms with van der Waals surface area (Å²) in [7, 11) is 0. The predicted molar refractivity (Wildman–Crippen MR) is 97.2 cm³/mol. The topological polar surface area (TPSA) is 69.4 Å². The minimum absolute atomic E-state index is 0.00605. The molecule has 0 radical (unpaired) electrons. The number of piperazine rings is 1. The number of aryl methyl sites for hydroxylation is 1. The Bertz CT molecular complexity index is 830. The van der Waals surface area contributed by atoms with E-state index in [1.807, 2.05) is 36.6 Å². The van der Waals surface area contributed by atoms with Gasteiger partial charge in [-0.2, -0.15) is 0 Å². The molecule has 132 valence electrons. The van der Waals surface area contributed by atoms with Gasteiger partial charge in [0.25, 0.3) is 0 Å². The van der Waals surface area contributed by atoms with Crippen LogP contribution in [0.15, 0.2) is 29.6 Å². The Morgan fingerprint density at radius 1 is 1.08 bits per heavy atom.